The number of imidazole rings is 1. The van der Waals surface area contributed by atoms with Crippen LogP contribution < -0.4 is 9.44 Å². The van der Waals surface area contributed by atoms with Crippen LogP contribution in [0.15, 0.2) is 55.0 Å². The van der Waals surface area contributed by atoms with Crippen LogP contribution in [0.5, 0.6) is 0 Å². The lowest BCUT2D eigenvalue weighted by atomic mass is 9.91. The quantitative estimate of drug-likeness (QED) is 0.491. The Hall–Kier alpha value is -2.76. The molecule has 3 aromatic rings. The van der Waals surface area contributed by atoms with Gasteiger partial charge in [-0.2, -0.15) is 31.0 Å². The predicted molar refractivity (Wildman–Crippen MR) is 122 cm³/mol. The first kappa shape index (κ1) is 24.0. The predicted octanol–water partition coefficient (Wildman–Crippen LogP) is 4.16. The van der Waals surface area contributed by atoms with Crippen molar-refractivity contribution in [1.29, 1.82) is 0 Å². The summed E-state index contributed by atoms with van der Waals surface area (Å²) in [4.78, 5) is 4.49. The van der Waals surface area contributed by atoms with Crippen molar-refractivity contribution in [2.75, 3.05) is 6.54 Å². The van der Waals surface area contributed by atoms with Crippen LogP contribution in [-0.4, -0.2) is 36.7 Å². The van der Waals surface area contributed by atoms with Crippen LogP contribution in [-0.2, 0) is 23.1 Å². The van der Waals surface area contributed by atoms with Crippen molar-refractivity contribution in [3.8, 4) is 16.9 Å². The molecule has 0 amide bonds. The SMILES string of the molecule is O=S(=O)(NCC(F)(F)F)N[C@@H]1C2CC[C@H]1Cc1cc(-c3cn(-c4ccc(F)cc4)cn3)ccc1C2. The van der Waals surface area contributed by atoms with Gasteiger partial charge in [0.25, 0.3) is 10.2 Å². The molecule has 0 radical (unpaired) electrons. The number of nitrogens with zero attached hydrogens (tertiary/aromatic N) is 2. The Morgan fingerprint density at radius 3 is 2.37 bits per heavy atom. The molecule has 1 aromatic heterocycles. The zero-order chi connectivity index (χ0) is 24.8. The fourth-order valence-corrected chi connectivity index (χ4v) is 6.37. The molecular weight excluding hydrogens is 484 g/mol. The van der Waals surface area contributed by atoms with Crippen molar-refractivity contribution in [3.05, 3.63) is 71.9 Å². The molecule has 2 N–H and O–H groups in total. The normalized spacial score (nSPS) is 22.1. The van der Waals surface area contributed by atoms with Gasteiger partial charge in [-0.1, -0.05) is 12.1 Å². The van der Waals surface area contributed by atoms with E-state index in [-0.39, 0.29) is 17.7 Å². The number of hydrogen-bond acceptors (Lipinski definition) is 3. The van der Waals surface area contributed by atoms with Crippen LogP contribution in [0.1, 0.15) is 24.0 Å². The Morgan fingerprint density at radius 1 is 1.00 bits per heavy atom. The molecule has 0 spiro atoms. The maximum Gasteiger partial charge on any atom is 0.402 e. The monoisotopic (exact) mass is 508 g/mol. The first-order chi connectivity index (χ1) is 16.6. The van der Waals surface area contributed by atoms with Gasteiger partial charge in [0.2, 0.25) is 0 Å². The maximum atomic E-state index is 13.2. The highest BCUT2D eigenvalue weighted by Gasteiger charge is 2.41. The third-order valence-electron chi connectivity index (χ3n) is 6.85. The Balaban J connectivity index is 1.34. The van der Waals surface area contributed by atoms with Gasteiger partial charge in [0.1, 0.15) is 12.4 Å². The number of alkyl halides is 3. The van der Waals surface area contributed by atoms with Crippen molar-refractivity contribution in [3.63, 3.8) is 0 Å². The molecule has 3 atom stereocenters. The van der Waals surface area contributed by atoms with Gasteiger partial charge in [-0.25, -0.2) is 9.37 Å². The van der Waals surface area contributed by atoms with E-state index in [1.165, 1.54) is 12.1 Å². The Bertz CT molecular complexity index is 1320. The van der Waals surface area contributed by atoms with Crippen molar-refractivity contribution >= 4 is 10.2 Å². The minimum absolute atomic E-state index is 0.00395. The van der Waals surface area contributed by atoms with Gasteiger partial charge in [0, 0.05) is 23.5 Å². The Labute approximate surface area is 200 Å². The molecule has 6 nitrogen and oxygen atoms in total. The summed E-state index contributed by atoms with van der Waals surface area (Å²) in [7, 11) is -4.28. The molecule has 35 heavy (non-hydrogen) atoms. The molecule has 2 aliphatic carbocycles. The van der Waals surface area contributed by atoms with Crippen LogP contribution in [0.3, 0.4) is 0 Å². The average molecular weight is 509 g/mol. The fraction of sp³-hybridized carbons (Fsp3) is 0.375. The number of benzene rings is 2. The third-order valence-corrected chi connectivity index (χ3v) is 7.96. The summed E-state index contributed by atoms with van der Waals surface area (Å²) in [6.45, 7) is -1.60. The summed E-state index contributed by atoms with van der Waals surface area (Å²) >= 11 is 0. The number of nitrogens with one attached hydrogen (secondary N) is 2. The van der Waals surface area contributed by atoms with E-state index < -0.39 is 29.0 Å². The molecule has 1 unspecified atom stereocenters. The first-order valence-electron chi connectivity index (χ1n) is 11.3. The van der Waals surface area contributed by atoms with E-state index in [0.717, 1.165) is 40.9 Å². The Morgan fingerprint density at radius 2 is 1.69 bits per heavy atom. The van der Waals surface area contributed by atoms with Gasteiger partial charge in [0.05, 0.1) is 12.0 Å². The largest absolute Gasteiger partial charge is 0.402 e. The van der Waals surface area contributed by atoms with Crippen LogP contribution in [0.2, 0.25) is 0 Å². The molecule has 186 valence electrons. The van der Waals surface area contributed by atoms with E-state index in [1.807, 2.05) is 18.3 Å². The summed E-state index contributed by atoms with van der Waals surface area (Å²) in [5.41, 5.74) is 4.66. The summed E-state index contributed by atoms with van der Waals surface area (Å²) in [6.07, 6.45) is 1.82. The molecular formula is C24H24F4N4O2S. The van der Waals surface area contributed by atoms with E-state index in [4.69, 9.17) is 0 Å². The second-order valence-electron chi connectivity index (χ2n) is 9.22. The molecule has 1 fully saturated rings. The molecule has 2 bridgehead atoms. The first-order valence-corrected chi connectivity index (χ1v) is 12.8. The fourth-order valence-electron chi connectivity index (χ4n) is 5.19. The van der Waals surface area contributed by atoms with E-state index in [1.54, 1.807) is 27.7 Å². The molecule has 5 rings (SSSR count). The number of fused-ring (bicyclic) bond motifs is 3. The molecule has 1 saturated carbocycles. The minimum Gasteiger partial charge on any atom is -0.306 e. The number of rotatable bonds is 6. The van der Waals surface area contributed by atoms with E-state index in [2.05, 4.69) is 15.8 Å². The van der Waals surface area contributed by atoms with Gasteiger partial charge < -0.3 is 4.57 Å². The van der Waals surface area contributed by atoms with Gasteiger partial charge in [-0.15, -0.1) is 0 Å². The van der Waals surface area contributed by atoms with Gasteiger partial charge in [-0.3, -0.25) is 0 Å². The van der Waals surface area contributed by atoms with E-state index in [9.17, 15) is 26.0 Å². The zero-order valence-corrected chi connectivity index (χ0v) is 19.4. The lowest BCUT2D eigenvalue weighted by Crippen LogP contribution is -2.49. The van der Waals surface area contributed by atoms with Crippen LogP contribution in [0.25, 0.3) is 16.9 Å². The van der Waals surface area contributed by atoms with Crippen molar-refractivity contribution in [1.82, 2.24) is 19.0 Å². The van der Waals surface area contributed by atoms with Gasteiger partial charge in [0.15, 0.2) is 0 Å². The summed E-state index contributed by atoms with van der Waals surface area (Å²) in [5, 5.41) is 0. The van der Waals surface area contributed by atoms with Gasteiger partial charge >= 0.3 is 6.18 Å². The topological polar surface area (TPSA) is 76.0 Å². The van der Waals surface area contributed by atoms with Crippen molar-refractivity contribution < 1.29 is 26.0 Å². The molecule has 0 saturated heterocycles. The molecule has 11 heteroatoms. The maximum absolute atomic E-state index is 13.2. The number of hydrogen-bond donors (Lipinski definition) is 2. The zero-order valence-electron chi connectivity index (χ0n) is 18.6. The standard InChI is InChI=1S/C24H24F4N4O2S/c25-20-5-7-21(8-6-20)32-12-22(29-14-32)16-2-1-15-9-17-3-4-18(11-19(15)10-16)23(17)31-35(33,34)30-13-24(26,27)28/h1-2,5-8,10,12,14,17-18,23,30-31H,3-4,9,11,13H2/t17?,18-,23+/m0/s1. The van der Waals surface area contributed by atoms with Gasteiger partial charge in [-0.05, 0) is 79.0 Å². The van der Waals surface area contributed by atoms with E-state index in [0.29, 0.717) is 12.8 Å². The van der Waals surface area contributed by atoms with E-state index >= 15 is 0 Å². The molecule has 0 aliphatic heterocycles. The van der Waals surface area contributed by atoms with Crippen molar-refractivity contribution in [2.45, 2.75) is 37.9 Å². The second-order valence-corrected chi connectivity index (χ2v) is 10.7. The highest BCUT2D eigenvalue weighted by Crippen LogP contribution is 2.41. The Kier molecular flexibility index (Phi) is 6.18. The average Bonchev–Trinajstić information content (AvgIpc) is 3.37. The lowest BCUT2D eigenvalue weighted by Gasteiger charge is -2.23. The second kappa shape index (κ2) is 9.03. The third kappa shape index (κ3) is 5.41. The molecule has 2 aromatic carbocycles. The highest BCUT2D eigenvalue weighted by atomic mass is 32.2. The number of aromatic nitrogens is 2. The number of halogens is 4. The summed E-state index contributed by atoms with van der Waals surface area (Å²) in [5.74, 6) is -0.297. The smallest absolute Gasteiger partial charge is 0.306 e. The molecule has 1 heterocycles. The lowest BCUT2D eigenvalue weighted by molar-refractivity contribution is -0.121. The van der Waals surface area contributed by atoms with Crippen LogP contribution in [0.4, 0.5) is 17.6 Å². The van der Waals surface area contributed by atoms with Crippen molar-refractivity contribution in [2.24, 2.45) is 11.8 Å². The summed E-state index contributed by atoms with van der Waals surface area (Å²) in [6, 6.07) is 11.7. The molecule has 2 aliphatic rings. The van der Waals surface area contributed by atoms with Crippen LogP contribution >= 0.6 is 0 Å². The highest BCUT2D eigenvalue weighted by molar-refractivity contribution is 7.87. The summed E-state index contributed by atoms with van der Waals surface area (Å²) < 4.78 is 81.2. The minimum atomic E-state index is -4.62. The van der Waals surface area contributed by atoms with Crippen LogP contribution in [0, 0.1) is 17.7 Å².